The number of carbonyl (C=O) groups is 1. The third-order valence-corrected chi connectivity index (χ3v) is 3.01. The van der Waals surface area contributed by atoms with E-state index in [0.29, 0.717) is 18.7 Å². The number of nitrogens with two attached hydrogens (primary N) is 1. The number of hydrogen-bond acceptors (Lipinski definition) is 4. The molecule has 1 fully saturated rings. The van der Waals surface area contributed by atoms with E-state index in [4.69, 9.17) is 10.5 Å². The molecule has 1 saturated heterocycles. The van der Waals surface area contributed by atoms with Gasteiger partial charge in [0.05, 0.1) is 6.61 Å². The predicted octanol–water partition coefficient (Wildman–Crippen LogP) is 0.550. The van der Waals surface area contributed by atoms with Gasteiger partial charge in [0, 0.05) is 31.3 Å². The third-order valence-electron chi connectivity index (χ3n) is 3.01. The Morgan fingerprint density at radius 2 is 2.42 bits per heavy atom. The summed E-state index contributed by atoms with van der Waals surface area (Å²) >= 11 is 0. The van der Waals surface area contributed by atoms with Crippen LogP contribution in [0, 0.1) is 0 Å². The van der Waals surface area contributed by atoms with Crippen molar-refractivity contribution in [1.29, 1.82) is 0 Å². The zero-order valence-electron chi connectivity index (χ0n) is 10.6. The van der Waals surface area contributed by atoms with Gasteiger partial charge in [-0.15, -0.1) is 0 Å². The lowest BCUT2D eigenvalue weighted by molar-refractivity contribution is -0.117. The van der Waals surface area contributed by atoms with E-state index in [9.17, 15) is 9.90 Å². The van der Waals surface area contributed by atoms with Crippen LogP contribution in [0.5, 0.6) is 0 Å². The summed E-state index contributed by atoms with van der Waals surface area (Å²) < 4.78 is 5.10. The van der Waals surface area contributed by atoms with E-state index in [0.717, 1.165) is 5.56 Å². The fraction of sp³-hybridized carbons (Fsp3) is 0.357. The highest BCUT2D eigenvalue weighted by molar-refractivity contribution is 5.91. The van der Waals surface area contributed by atoms with Gasteiger partial charge in [0.2, 0.25) is 5.91 Å². The van der Waals surface area contributed by atoms with Crippen LogP contribution >= 0.6 is 0 Å². The molecule has 1 amide bonds. The zero-order chi connectivity index (χ0) is 13.7. The first kappa shape index (κ1) is 13.6. The molecule has 0 bridgehead atoms. The van der Waals surface area contributed by atoms with Gasteiger partial charge in [-0.1, -0.05) is 12.1 Å². The summed E-state index contributed by atoms with van der Waals surface area (Å²) in [5.74, 6) is -0.247. The molecule has 1 atom stereocenters. The van der Waals surface area contributed by atoms with Crippen molar-refractivity contribution in [2.24, 2.45) is 0 Å². The average Bonchev–Trinajstić information content (AvgIpc) is 2.82. The molecular weight excluding hydrogens is 244 g/mol. The first-order chi connectivity index (χ1) is 9.07. The minimum absolute atomic E-state index is 0.201. The number of hydrogen-bond donors (Lipinski definition) is 3. The van der Waals surface area contributed by atoms with E-state index in [1.807, 2.05) is 12.1 Å². The van der Waals surface area contributed by atoms with Crippen LogP contribution in [-0.2, 0) is 9.53 Å². The lowest BCUT2D eigenvalue weighted by Crippen LogP contribution is -2.42. The number of amides is 1. The van der Waals surface area contributed by atoms with Gasteiger partial charge in [-0.05, 0) is 23.8 Å². The molecule has 0 radical (unpaired) electrons. The van der Waals surface area contributed by atoms with Crippen LogP contribution in [0.4, 0.5) is 5.69 Å². The number of benzene rings is 1. The molecule has 1 aromatic carbocycles. The summed E-state index contributed by atoms with van der Waals surface area (Å²) in [6, 6.07) is 7.25. The summed E-state index contributed by atoms with van der Waals surface area (Å²) in [7, 11) is 0. The molecule has 1 aromatic rings. The lowest BCUT2D eigenvalue weighted by Gasteiger charge is -2.19. The fourth-order valence-corrected chi connectivity index (χ4v) is 1.88. The highest BCUT2D eigenvalue weighted by Crippen LogP contribution is 2.16. The van der Waals surface area contributed by atoms with Gasteiger partial charge in [0.25, 0.3) is 0 Å². The van der Waals surface area contributed by atoms with E-state index in [2.05, 4.69) is 5.32 Å². The van der Waals surface area contributed by atoms with Crippen LogP contribution in [0.3, 0.4) is 0 Å². The number of aliphatic hydroxyl groups is 1. The maximum atomic E-state index is 11.6. The quantitative estimate of drug-likeness (QED) is 0.546. The van der Waals surface area contributed by atoms with Crippen molar-refractivity contribution in [1.82, 2.24) is 5.32 Å². The van der Waals surface area contributed by atoms with Crippen molar-refractivity contribution < 1.29 is 14.6 Å². The summed E-state index contributed by atoms with van der Waals surface area (Å²) in [6.07, 6.45) is 3.65. The Kier molecular flexibility index (Phi) is 4.19. The topological polar surface area (TPSA) is 84.6 Å². The zero-order valence-corrected chi connectivity index (χ0v) is 10.6. The Morgan fingerprint density at radius 1 is 1.58 bits per heavy atom. The molecule has 2 rings (SSSR count). The van der Waals surface area contributed by atoms with E-state index in [1.54, 1.807) is 18.2 Å². The van der Waals surface area contributed by atoms with Gasteiger partial charge in [-0.3, -0.25) is 4.79 Å². The smallest absolute Gasteiger partial charge is 0.244 e. The molecule has 0 aliphatic carbocycles. The number of nitrogen functional groups attached to an aromatic ring is 1. The number of nitrogens with one attached hydrogen (secondary N) is 1. The first-order valence-corrected chi connectivity index (χ1v) is 6.19. The SMILES string of the molecule is Nc1cccc(/C=C/C(=O)NCC2(O)CCOC2)c1. The molecule has 1 aliphatic rings. The molecule has 5 heteroatoms. The minimum Gasteiger partial charge on any atom is -0.399 e. The van der Waals surface area contributed by atoms with E-state index in [-0.39, 0.29) is 19.1 Å². The molecular formula is C14H18N2O3. The molecule has 4 N–H and O–H groups in total. The second-order valence-corrected chi connectivity index (χ2v) is 4.75. The molecule has 0 aromatic heterocycles. The van der Waals surface area contributed by atoms with Crippen molar-refractivity contribution >= 4 is 17.7 Å². The molecule has 0 spiro atoms. The van der Waals surface area contributed by atoms with Crippen LogP contribution in [0.15, 0.2) is 30.3 Å². The van der Waals surface area contributed by atoms with E-state index in [1.165, 1.54) is 6.08 Å². The Balaban J connectivity index is 1.84. The highest BCUT2D eigenvalue weighted by Gasteiger charge is 2.32. The van der Waals surface area contributed by atoms with Crippen molar-refractivity contribution in [3.05, 3.63) is 35.9 Å². The second-order valence-electron chi connectivity index (χ2n) is 4.75. The molecule has 19 heavy (non-hydrogen) atoms. The largest absolute Gasteiger partial charge is 0.399 e. The Hall–Kier alpha value is -1.85. The third kappa shape index (κ3) is 4.08. The second kappa shape index (κ2) is 5.86. The van der Waals surface area contributed by atoms with Crippen molar-refractivity contribution in [3.8, 4) is 0 Å². The van der Waals surface area contributed by atoms with Gasteiger partial charge in [0.15, 0.2) is 0 Å². The average molecular weight is 262 g/mol. The summed E-state index contributed by atoms with van der Waals surface area (Å²) in [6.45, 7) is 1.00. The van der Waals surface area contributed by atoms with Gasteiger partial charge in [-0.2, -0.15) is 0 Å². The Bertz CT molecular complexity index is 479. The first-order valence-electron chi connectivity index (χ1n) is 6.19. The molecule has 1 aliphatic heterocycles. The van der Waals surface area contributed by atoms with Crippen molar-refractivity contribution in [3.63, 3.8) is 0 Å². The maximum Gasteiger partial charge on any atom is 0.244 e. The maximum absolute atomic E-state index is 11.6. The van der Waals surface area contributed by atoms with Crippen LogP contribution in [0.2, 0.25) is 0 Å². The van der Waals surface area contributed by atoms with Crippen LogP contribution < -0.4 is 11.1 Å². The monoisotopic (exact) mass is 262 g/mol. The van der Waals surface area contributed by atoms with Gasteiger partial charge < -0.3 is 20.9 Å². The highest BCUT2D eigenvalue weighted by atomic mass is 16.5. The molecule has 102 valence electrons. The van der Waals surface area contributed by atoms with E-state index < -0.39 is 5.60 Å². The molecule has 5 nitrogen and oxygen atoms in total. The van der Waals surface area contributed by atoms with Gasteiger partial charge >= 0.3 is 0 Å². The molecule has 1 heterocycles. The van der Waals surface area contributed by atoms with Gasteiger partial charge in [-0.25, -0.2) is 0 Å². The van der Waals surface area contributed by atoms with Crippen molar-refractivity contribution in [2.75, 3.05) is 25.5 Å². The van der Waals surface area contributed by atoms with Crippen LogP contribution in [0.1, 0.15) is 12.0 Å². The predicted molar refractivity (Wildman–Crippen MR) is 73.3 cm³/mol. The van der Waals surface area contributed by atoms with Gasteiger partial charge in [0.1, 0.15) is 5.60 Å². The van der Waals surface area contributed by atoms with Crippen molar-refractivity contribution in [2.45, 2.75) is 12.0 Å². The standard InChI is InChI=1S/C14H18N2O3/c15-12-3-1-2-11(8-12)4-5-13(17)16-9-14(18)6-7-19-10-14/h1-5,8,18H,6-7,9-10,15H2,(H,16,17)/b5-4+. The lowest BCUT2D eigenvalue weighted by atomic mass is 10.0. The van der Waals surface area contributed by atoms with Crippen LogP contribution in [0.25, 0.3) is 6.08 Å². The summed E-state index contributed by atoms with van der Waals surface area (Å²) in [4.78, 5) is 11.6. The molecule has 0 saturated carbocycles. The Morgan fingerprint density at radius 3 is 3.11 bits per heavy atom. The normalized spacial score (nSPS) is 22.8. The number of ether oxygens (including phenoxy) is 1. The minimum atomic E-state index is -0.930. The number of anilines is 1. The Labute approximate surface area is 112 Å². The van der Waals surface area contributed by atoms with Crippen LogP contribution in [-0.4, -0.2) is 36.4 Å². The van der Waals surface area contributed by atoms with E-state index >= 15 is 0 Å². The number of carbonyl (C=O) groups excluding carboxylic acids is 1. The number of rotatable bonds is 4. The summed E-state index contributed by atoms with van der Waals surface area (Å²) in [5.41, 5.74) is 6.22. The fourth-order valence-electron chi connectivity index (χ4n) is 1.88. The molecule has 1 unspecified atom stereocenters. The summed E-state index contributed by atoms with van der Waals surface area (Å²) in [5, 5.41) is 12.6.